The summed E-state index contributed by atoms with van der Waals surface area (Å²) in [5.41, 5.74) is 4.38. The summed E-state index contributed by atoms with van der Waals surface area (Å²) in [7, 11) is 1.62. The second-order valence-electron chi connectivity index (χ2n) is 10.9. The first-order chi connectivity index (χ1) is 21.5. The number of aliphatic hydroxyl groups is 3. The van der Waals surface area contributed by atoms with E-state index in [-0.39, 0.29) is 16.7 Å². The average molecular weight is 594 g/mol. The van der Waals surface area contributed by atoms with Gasteiger partial charge in [0.05, 0.1) is 38.0 Å². The van der Waals surface area contributed by atoms with Gasteiger partial charge < -0.3 is 29.4 Å². The van der Waals surface area contributed by atoms with Crippen molar-refractivity contribution < 1.29 is 24.8 Å². The molecular weight excluding hydrogens is 562 g/mol. The zero-order valence-electron chi connectivity index (χ0n) is 23.9. The molecule has 1 aliphatic rings. The summed E-state index contributed by atoms with van der Waals surface area (Å²) in [4.78, 5) is 23.8. The zero-order valence-corrected chi connectivity index (χ0v) is 23.9. The number of rotatable bonds is 8. The number of hydrogen-bond acceptors (Lipinski definition) is 8. The van der Waals surface area contributed by atoms with E-state index < -0.39 is 31.1 Å². The van der Waals surface area contributed by atoms with Crippen molar-refractivity contribution in [1.29, 1.82) is 0 Å². The molecule has 3 aromatic carbocycles. The Kier molecular flexibility index (Phi) is 7.23. The average Bonchev–Trinajstić information content (AvgIpc) is 3.70. The number of nitrogens with zero attached hydrogens (tertiary/aromatic N) is 5. The summed E-state index contributed by atoms with van der Waals surface area (Å²) in [5.74, 6) is 1.10. The molecule has 11 nitrogen and oxygen atoms in total. The molecule has 6 aromatic rings. The van der Waals surface area contributed by atoms with E-state index >= 15 is 0 Å². The summed E-state index contributed by atoms with van der Waals surface area (Å²) in [6, 6.07) is 27.5. The maximum atomic E-state index is 14.4. The molecule has 0 aliphatic carbocycles. The van der Waals surface area contributed by atoms with E-state index in [4.69, 9.17) is 14.5 Å². The molecular formula is C33H31N5O6. The van der Waals surface area contributed by atoms with Gasteiger partial charge >= 0.3 is 0 Å². The van der Waals surface area contributed by atoms with Gasteiger partial charge in [-0.3, -0.25) is 9.36 Å². The Hall–Kier alpha value is -4.81. The molecule has 1 saturated heterocycles. The number of aromatic nitrogens is 5. The lowest BCUT2D eigenvalue weighted by molar-refractivity contribution is -0.0511. The Balaban J connectivity index is 1.52. The van der Waals surface area contributed by atoms with Crippen LogP contribution >= 0.6 is 0 Å². The second-order valence-corrected chi connectivity index (χ2v) is 10.9. The largest absolute Gasteiger partial charge is 0.497 e. The Morgan fingerprint density at radius 2 is 1.59 bits per heavy atom. The molecule has 3 aromatic heterocycles. The number of methoxy groups -OCH3 is 1. The first-order valence-corrected chi connectivity index (χ1v) is 14.3. The van der Waals surface area contributed by atoms with E-state index in [0.29, 0.717) is 24.5 Å². The molecule has 0 radical (unpaired) electrons. The van der Waals surface area contributed by atoms with Crippen LogP contribution in [0.1, 0.15) is 23.0 Å². The maximum absolute atomic E-state index is 14.4. The summed E-state index contributed by atoms with van der Waals surface area (Å²) < 4.78 is 16.3. The first-order valence-electron chi connectivity index (χ1n) is 14.3. The third kappa shape index (κ3) is 4.66. The molecule has 1 aliphatic heterocycles. The van der Waals surface area contributed by atoms with Gasteiger partial charge in [-0.2, -0.15) is 4.98 Å². The number of hydrogen-bond donors (Lipinski definition) is 3. The van der Waals surface area contributed by atoms with Gasteiger partial charge in [0.2, 0.25) is 5.78 Å². The van der Waals surface area contributed by atoms with Crippen molar-refractivity contribution in [2.24, 2.45) is 0 Å². The van der Waals surface area contributed by atoms with Crippen molar-refractivity contribution in [1.82, 2.24) is 23.5 Å². The van der Waals surface area contributed by atoms with E-state index in [2.05, 4.69) is 4.98 Å². The number of aliphatic hydroxyl groups excluding tert-OH is 3. The van der Waals surface area contributed by atoms with Crippen LogP contribution in [0.4, 0.5) is 0 Å². The normalized spacial score (nSPS) is 20.1. The van der Waals surface area contributed by atoms with Gasteiger partial charge in [-0.05, 0) is 35.4 Å². The van der Waals surface area contributed by atoms with Crippen molar-refractivity contribution in [2.75, 3.05) is 13.7 Å². The Bertz CT molecular complexity index is 1990. The summed E-state index contributed by atoms with van der Waals surface area (Å²) in [6.45, 7) is -0.0594. The molecule has 11 heteroatoms. The molecule has 224 valence electrons. The Labute approximate surface area is 251 Å². The van der Waals surface area contributed by atoms with Gasteiger partial charge in [0.15, 0.2) is 17.4 Å². The fraction of sp³-hybridized carbons (Fsp3) is 0.242. The quantitative estimate of drug-likeness (QED) is 0.245. The lowest BCUT2D eigenvalue weighted by atomic mass is 10.0. The third-order valence-corrected chi connectivity index (χ3v) is 8.19. The van der Waals surface area contributed by atoms with Crippen LogP contribution in [0.3, 0.4) is 0 Å². The topological polar surface area (TPSA) is 136 Å². The summed E-state index contributed by atoms with van der Waals surface area (Å²) >= 11 is 0. The molecule has 3 N–H and O–H groups in total. The third-order valence-electron chi connectivity index (χ3n) is 8.19. The number of ether oxygens (including phenoxy) is 2. The monoisotopic (exact) mass is 593 g/mol. The van der Waals surface area contributed by atoms with Gasteiger partial charge in [0.1, 0.15) is 24.1 Å². The summed E-state index contributed by atoms with van der Waals surface area (Å²) in [5, 5.41) is 30.8. The predicted octanol–water partition coefficient (Wildman–Crippen LogP) is 2.77. The van der Waals surface area contributed by atoms with Gasteiger partial charge in [-0.25, -0.2) is 9.38 Å². The van der Waals surface area contributed by atoms with Crippen LogP contribution in [0.15, 0.2) is 96.1 Å². The number of benzene rings is 3. The molecule has 0 amide bonds. The smallest absolute Gasteiger partial charge is 0.287 e. The van der Waals surface area contributed by atoms with E-state index in [1.165, 1.54) is 10.9 Å². The van der Waals surface area contributed by atoms with Crippen LogP contribution in [0, 0.1) is 0 Å². The van der Waals surface area contributed by atoms with Gasteiger partial charge in [-0.1, -0.05) is 60.7 Å². The Morgan fingerprint density at radius 1 is 0.909 bits per heavy atom. The van der Waals surface area contributed by atoms with E-state index in [0.717, 1.165) is 28.1 Å². The lowest BCUT2D eigenvalue weighted by Gasteiger charge is -2.16. The fourth-order valence-electron chi connectivity index (χ4n) is 5.98. The molecule has 0 saturated carbocycles. The highest BCUT2D eigenvalue weighted by Crippen LogP contribution is 2.34. The fourth-order valence-corrected chi connectivity index (χ4v) is 5.98. The van der Waals surface area contributed by atoms with Gasteiger partial charge in [0.25, 0.3) is 5.56 Å². The molecule has 1 fully saturated rings. The molecule has 4 heterocycles. The molecule has 44 heavy (non-hydrogen) atoms. The minimum Gasteiger partial charge on any atom is -0.497 e. The highest BCUT2D eigenvalue weighted by molar-refractivity contribution is 5.75. The van der Waals surface area contributed by atoms with Crippen LogP contribution in [-0.2, 0) is 17.7 Å². The standard InChI is InChI=1S/C33H31N5O6/c1-43-23-14-12-22(13-15-23)27-24(16-20-8-4-2-5-9-20)38-31(42)26-30(35-33(38)36(27)17-21-10-6-3-7-11-21)37(19-34-26)32-29(41)28(40)25(18-39)44-32/h2-15,19,25,28-29,32,39-41H,16-18H2,1H3/t25-,28-,29-,32-/m1/s1. The van der Waals surface area contributed by atoms with E-state index in [1.807, 2.05) is 89.5 Å². The molecule has 0 bridgehead atoms. The highest BCUT2D eigenvalue weighted by Gasteiger charge is 2.44. The first kappa shape index (κ1) is 28.0. The van der Waals surface area contributed by atoms with Crippen LogP contribution in [0.5, 0.6) is 5.75 Å². The maximum Gasteiger partial charge on any atom is 0.287 e. The van der Waals surface area contributed by atoms with Gasteiger partial charge in [0, 0.05) is 12.0 Å². The zero-order chi connectivity index (χ0) is 30.4. The highest BCUT2D eigenvalue weighted by atomic mass is 16.6. The second kappa shape index (κ2) is 11.4. The predicted molar refractivity (Wildman–Crippen MR) is 163 cm³/mol. The van der Waals surface area contributed by atoms with Gasteiger partial charge in [-0.15, -0.1) is 0 Å². The number of imidazole rings is 2. The molecule has 7 rings (SSSR count). The van der Waals surface area contributed by atoms with Crippen LogP contribution < -0.4 is 10.3 Å². The molecule has 4 atom stereocenters. The van der Waals surface area contributed by atoms with Crippen LogP contribution in [-0.4, -0.2) is 70.9 Å². The molecule has 0 spiro atoms. The van der Waals surface area contributed by atoms with Crippen molar-refractivity contribution in [3.63, 3.8) is 0 Å². The van der Waals surface area contributed by atoms with Crippen LogP contribution in [0.2, 0.25) is 0 Å². The van der Waals surface area contributed by atoms with E-state index in [9.17, 15) is 20.1 Å². The minimum atomic E-state index is -1.36. The van der Waals surface area contributed by atoms with E-state index in [1.54, 1.807) is 11.5 Å². The molecule has 0 unspecified atom stereocenters. The van der Waals surface area contributed by atoms with Crippen molar-refractivity contribution in [3.05, 3.63) is 118 Å². The Morgan fingerprint density at radius 3 is 2.23 bits per heavy atom. The lowest BCUT2D eigenvalue weighted by Crippen LogP contribution is -2.33. The van der Waals surface area contributed by atoms with Crippen molar-refractivity contribution in [3.8, 4) is 17.0 Å². The minimum absolute atomic E-state index is 0.0905. The SMILES string of the molecule is COc1ccc(-c2c(Cc3ccccc3)n3c(=O)c4ncn([C@@H]5O[C@H](CO)[C@@H](O)[C@H]5O)c4nc3n2Cc2ccccc2)cc1. The van der Waals surface area contributed by atoms with Crippen LogP contribution in [0.25, 0.3) is 28.2 Å². The van der Waals surface area contributed by atoms with Crippen molar-refractivity contribution >= 4 is 16.9 Å². The number of fused-ring (bicyclic) bond motifs is 2. The summed E-state index contributed by atoms with van der Waals surface area (Å²) in [6.07, 6.45) is -2.93. The van der Waals surface area contributed by atoms with Crippen molar-refractivity contribution in [2.45, 2.75) is 37.5 Å².